The second kappa shape index (κ2) is 6.96. The molecular weight excluding hydrogens is 294 g/mol. The van der Waals surface area contributed by atoms with Gasteiger partial charge in [-0.15, -0.1) is 11.8 Å². The molecule has 1 aliphatic heterocycles. The number of carboxylic acids is 1. The summed E-state index contributed by atoms with van der Waals surface area (Å²) in [6, 6.07) is -1.40. The Morgan fingerprint density at radius 2 is 2.16 bits per heavy atom. The van der Waals surface area contributed by atoms with Gasteiger partial charge in [0.05, 0.1) is 11.6 Å². The minimum absolute atomic E-state index is 0.0539. The smallest absolute Gasteiger partial charge is 0.327 e. The van der Waals surface area contributed by atoms with Crippen molar-refractivity contribution < 1.29 is 23.1 Å². The average molecular weight is 311 g/mol. The zero-order chi connectivity index (χ0) is 14.5. The number of aliphatic carboxylic acids is 1. The number of amides is 2. The number of carboxylic acid groups (broad SMARTS) is 1. The molecule has 0 radical (unpaired) electrons. The third kappa shape index (κ3) is 4.88. The fourth-order valence-corrected chi connectivity index (χ4v) is 3.63. The molecule has 1 aliphatic rings. The SMILES string of the molecule is CCNS(=O)(=O)CCNC(=O)N1CSC[C@H]1C(=O)O. The number of hydrogen-bond acceptors (Lipinski definition) is 5. The van der Waals surface area contributed by atoms with Gasteiger partial charge in [0.2, 0.25) is 10.0 Å². The lowest BCUT2D eigenvalue weighted by molar-refractivity contribution is -0.140. The van der Waals surface area contributed by atoms with Crippen molar-refractivity contribution in [3.63, 3.8) is 0 Å². The van der Waals surface area contributed by atoms with E-state index in [4.69, 9.17) is 5.11 Å². The van der Waals surface area contributed by atoms with Crippen LogP contribution in [-0.2, 0) is 14.8 Å². The first kappa shape index (κ1) is 16.1. The first-order valence-electron chi connectivity index (χ1n) is 5.69. The van der Waals surface area contributed by atoms with Crippen LogP contribution < -0.4 is 10.0 Å². The summed E-state index contributed by atoms with van der Waals surface area (Å²) in [5, 5.41) is 11.3. The summed E-state index contributed by atoms with van der Waals surface area (Å²) >= 11 is 1.35. The van der Waals surface area contributed by atoms with Gasteiger partial charge in [0.15, 0.2) is 0 Å². The summed E-state index contributed by atoms with van der Waals surface area (Å²) in [6.07, 6.45) is 0. The number of carbonyl (C=O) groups excluding carboxylic acids is 1. The van der Waals surface area contributed by atoms with E-state index in [1.165, 1.54) is 16.7 Å². The van der Waals surface area contributed by atoms with Gasteiger partial charge < -0.3 is 15.3 Å². The molecular formula is C9H17N3O5S2. The normalized spacial score (nSPS) is 19.4. The van der Waals surface area contributed by atoms with Gasteiger partial charge in [-0.1, -0.05) is 6.92 Å². The van der Waals surface area contributed by atoms with E-state index >= 15 is 0 Å². The van der Waals surface area contributed by atoms with Crippen LogP contribution in [0.3, 0.4) is 0 Å². The summed E-state index contributed by atoms with van der Waals surface area (Å²) in [6.45, 7) is 1.90. The Balaban J connectivity index is 2.41. The summed E-state index contributed by atoms with van der Waals surface area (Å²) in [5.74, 6) is -0.646. The Hall–Kier alpha value is -1.00. The van der Waals surface area contributed by atoms with Crippen LogP contribution in [-0.4, -0.2) is 66.9 Å². The molecule has 110 valence electrons. The van der Waals surface area contributed by atoms with Crippen molar-refractivity contribution in [2.45, 2.75) is 13.0 Å². The molecule has 3 N–H and O–H groups in total. The van der Waals surface area contributed by atoms with Crippen LogP contribution in [0.1, 0.15) is 6.92 Å². The fraction of sp³-hybridized carbons (Fsp3) is 0.778. The predicted octanol–water partition coefficient (Wildman–Crippen LogP) is -0.905. The van der Waals surface area contributed by atoms with Crippen LogP contribution >= 0.6 is 11.8 Å². The standard InChI is InChI=1S/C9H17N3O5S2/c1-2-11-19(16,17)4-3-10-9(15)12-6-18-5-7(12)8(13)14/h7,11H,2-6H2,1H3,(H,10,15)(H,13,14)/t7-/m0/s1. The molecule has 2 amide bonds. The summed E-state index contributed by atoms with van der Waals surface area (Å²) in [5.41, 5.74) is 0. The minimum atomic E-state index is -3.39. The molecule has 1 heterocycles. The highest BCUT2D eigenvalue weighted by Crippen LogP contribution is 2.20. The second-order valence-corrected chi connectivity index (χ2v) is 6.80. The van der Waals surface area contributed by atoms with Gasteiger partial charge in [-0.2, -0.15) is 0 Å². The van der Waals surface area contributed by atoms with E-state index < -0.39 is 28.1 Å². The maximum absolute atomic E-state index is 11.7. The summed E-state index contributed by atoms with van der Waals surface area (Å²) < 4.78 is 25.0. The van der Waals surface area contributed by atoms with Crippen LogP contribution in [0.5, 0.6) is 0 Å². The molecule has 0 aromatic rings. The monoisotopic (exact) mass is 311 g/mol. The van der Waals surface area contributed by atoms with Gasteiger partial charge in [0, 0.05) is 18.8 Å². The number of rotatable bonds is 6. The number of nitrogens with zero attached hydrogens (tertiary/aromatic N) is 1. The van der Waals surface area contributed by atoms with Crippen molar-refractivity contribution in [2.75, 3.05) is 30.5 Å². The van der Waals surface area contributed by atoms with Gasteiger partial charge in [0.25, 0.3) is 0 Å². The van der Waals surface area contributed by atoms with Crippen LogP contribution in [0, 0.1) is 0 Å². The van der Waals surface area contributed by atoms with Gasteiger partial charge in [-0.05, 0) is 0 Å². The maximum atomic E-state index is 11.7. The Morgan fingerprint density at radius 3 is 2.74 bits per heavy atom. The number of hydrogen-bond donors (Lipinski definition) is 3. The Morgan fingerprint density at radius 1 is 1.47 bits per heavy atom. The van der Waals surface area contributed by atoms with Gasteiger partial charge in [0.1, 0.15) is 6.04 Å². The molecule has 1 saturated heterocycles. The molecule has 0 saturated carbocycles. The fourth-order valence-electron chi connectivity index (χ4n) is 1.53. The molecule has 0 aromatic carbocycles. The van der Waals surface area contributed by atoms with E-state index in [1.54, 1.807) is 6.92 Å². The molecule has 0 unspecified atom stereocenters. The first-order chi connectivity index (χ1) is 8.87. The second-order valence-electron chi connectivity index (χ2n) is 3.87. The van der Waals surface area contributed by atoms with Gasteiger partial charge in [-0.3, -0.25) is 0 Å². The number of carbonyl (C=O) groups is 2. The van der Waals surface area contributed by atoms with Crippen molar-refractivity contribution in [3.05, 3.63) is 0 Å². The van der Waals surface area contributed by atoms with E-state index in [0.717, 1.165) is 0 Å². The lowest BCUT2D eigenvalue weighted by Crippen LogP contribution is -2.48. The molecule has 1 rings (SSSR count). The molecule has 8 nitrogen and oxygen atoms in total. The van der Waals surface area contributed by atoms with E-state index in [-0.39, 0.29) is 12.3 Å². The first-order valence-corrected chi connectivity index (χ1v) is 8.50. The summed E-state index contributed by atoms with van der Waals surface area (Å²) in [4.78, 5) is 23.8. The largest absolute Gasteiger partial charge is 0.480 e. The Kier molecular flexibility index (Phi) is 5.88. The number of nitrogens with one attached hydrogen (secondary N) is 2. The van der Waals surface area contributed by atoms with E-state index in [2.05, 4.69) is 10.0 Å². The van der Waals surface area contributed by atoms with Crippen molar-refractivity contribution >= 4 is 33.8 Å². The molecule has 0 aromatic heterocycles. The molecule has 0 spiro atoms. The van der Waals surface area contributed by atoms with Crippen LogP contribution in [0.25, 0.3) is 0 Å². The number of thioether (sulfide) groups is 1. The Bertz CT molecular complexity index is 439. The van der Waals surface area contributed by atoms with Gasteiger partial charge in [-0.25, -0.2) is 22.7 Å². The van der Waals surface area contributed by atoms with Crippen molar-refractivity contribution in [1.29, 1.82) is 0 Å². The number of sulfonamides is 1. The van der Waals surface area contributed by atoms with Crippen molar-refractivity contribution in [3.8, 4) is 0 Å². The third-order valence-corrected chi connectivity index (χ3v) is 4.92. The van der Waals surface area contributed by atoms with E-state index in [0.29, 0.717) is 18.2 Å². The summed E-state index contributed by atoms with van der Waals surface area (Å²) in [7, 11) is -3.39. The average Bonchev–Trinajstić information content (AvgIpc) is 2.77. The van der Waals surface area contributed by atoms with Crippen molar-refractivity contribution in [1.82, 2.24) is 14.9 Å². The Labute approximate surface area is 116 Å². The van der Waals surface area contributed by atoms with Crippen LogP contribution in [0.15, 0.2) is 0 Å². The number of urea groups is 1. The van der Waals surface area contributed by atoms with Gasteiger partial charge >= 0.3 is 12.0 Å². The minimum Gasteiger partial charge on any atom is -0.480 e. The molecule has 1 atom stereocenters. The zero-order valence-electron chi connectivity index (χ0n) is 10.5. The van der Waals surface area contributed by atoms with Crippen LogP contribution in [0.2, 0.25) is 0 Å². The van der Waals surface area contributed by atoms with Crippen LogP contribution in [0.4, 0.5) is 4.79 Å². The molecule has 10 heteroatoms. The topological polar surface area (TPSA) is 116 Å². The van der Waals surface area contributed by atoms with E-state index in [9.17, 15) is 18.0 Å². The zero-order valence-corrected chi connectivity index (χ0v) is 12.1. The maximum Gasteiger partial charge on any atom is 0.327 e. The molecule has 19 heavy (non-hydrogen) atoms. The third-order valence-electron chi connectivity index (χ3n) is 2.44. The molecule has 0 aliphatic carbocycles. The highest BCUT2D eigenvalue weighted by Gasteiger charge is 2.34. The van der Waals surface area contributed by atoms with E-state index in [1.807, 2.05) is 0 Å². The highest BCUT2D eigenvalue weighted by molar-refractivity contribution is 7.99. The quantitative estimate of drug-likeness (QED) is 0.585. The molecule has 0 bridgehead atoms. The lowest BCUT2D eigenvalue weighted by atomic mass is 10.3. The van der Waals surface area contributed by atoms with Crippen molar-refractivity contribution in [2.24, 2.45) is 0 Å². The molecule has 1 fully saturated rings. The highest BCUT2D eigenvalue weighted by atomic mass is 32.2. The lowest BCUT2D eigenvalue weighted by Gasteiger charge is -2.20. The predicted molar refractivity (Wildman–Crippen MR) is 71.5 cm³/mol.